The molecule has 1 aromatic heterocycles. The van der Waals surface area contributed by atoms with E-state index < -0.39 is 37.2 Å². The lowest BCUT2D eigenvalue weighted by atomic mass is 9.97. The highest BCUT2D eigenvalue weighted by Crippen LogP contribution is 2.38. The van der Waals surface area contributed by atoms with Gasteiger partial charge in [-0.25, -0.2) is 18.2 Å². The van der Waals surface area contributed by atoms with Crippen LogP contribution in [-0.4, -0.2) is 71.9 Å². The summed E-state index contributed by atoms with van der Waals surface area (Å²) in [4.78, 5) is 19.4. The number of hydrogen-bond acceptors (Lipinski definition) is 5. The Morgan fingerprint density at radius 3 is 2.50 bits per heavy atom. The van der Waals surface area contributed by atoms with Crippen molar-refractivity contribution in [3.05, 3.63) is 17.8 Å². The number of anilines is 1. The first-order valence-corrected chi connectivity index (χ1v) is 8.64. The molecule has 2 aliphatic heterocycles. The van der Waals surface area contributed by atoms with Gasteiger partial charge < -0.3 is 19.6 Å². The Morgan fingerprint density at radius 2 is 1.92 bits per heavy atom. The number of pyridine rings is 1. The van der Waals surface area contributed by atoms with Gasteiger partial charge in [-0.2, -0.15) is 0 Å². The fraction of sp³-hybridized carbons (Fsp3) is 0.647. The molecule has 0 bridgehead atoms. The zero-order valence-electron chi connectivity index (χ0n) is 14.1. The van der Waals surface area contributed by atoms with Crippen LogP contribution in [0, 0.1) is 5.92 Å². The molecule has 9 heteroatoms. The number of aliphatic hydroxyl groups is 1. The number of alkyl halides is 3. The number of hydrogen-bond donors (Lipinski definition) is 1. The lowest BCUT2D eigenvalue weighted by molar-refractivity contribution is -0.0517. The SMILES string of the molecule is O=C(c1ccc(N2CC(F)(F)C2)c(OCC2CC2)n1)N1CC(F)(CO)C1. The molecule has 1 saturated carbocycles. The molecule has 1 aliphatic carbocycles. The highest BCUT2D eigenvalue weighted by atomic mass is 19.3. The average molecular weight is 371 g/mol. The van der Waals surface area contributed by atoms with Crippen LogP contribution >= 0.6 is 0 Å². The number of likely N-dealkylation sites (tertiary alicyclic amines) is 1. The van der Waals surface area contributed by atoms with E-state index in [-0.39, 0.29) is 24.7 Å². The van der Waals surface area contributed by atoms with E-state index >= 15 is 0 Å². The number of amides is 1. The number of nitrogens with zero attached hydrogens (tertiary/aromatic N) is 3. The highest BCUT2D eigenvalue weighted by molar-refractivity contribution is 5.93. The van der Waals surface area contributed by atoms with Crippen molar-refractivity contribution >= 4 is 11.6 Å². The van der Waals surface area contributed by atoms with Crippen molar-refractivity contribution in [3.63, 3.8) is 0 Å². The van der Waals surface area contributed by atoms with Gasteiger partial charge in [0.1, 0.15) is 11.4 Å². The molecule has 4 rings (SSSR count). The van der Waals surface area contributed by atoms with Gasteiger partial charge in [0.15, 0.2) is 5.67 Å². The molecule has 0 spiro atoms. The summed E-state index contributed by atoms with van der Waals surface area (Å²) in [7, 11) is 0. The molecule has 1 aromatic rings. The summed E-state index contributed by atoms with van der Waals surface area (Å²) in [5, 5.41) is 8.95. The van der Waals surface area contributed by atoms with Crippen molar-refractivity contribution in [2.75, 3.05) is 44.3 Å². The molecule has 0 atom stereocenters. The number of carbonyl (C=O) groups is 1. The van der Waals surface area contributed by atoms with E-state index in [1.165, 1.54) is 15.9 Å². The standard InChI is InChI=1S/C17H20F3N3O3/c18-16(10-24)6-23(7-16)15(25)12-3-4-13(22-8-17(19,20)9-22)14(21-12)26-5-11-1-2-11/h3-4,11,24H,1-2,5-10H2. The van der Waals surface area contributed by atoms with Crippen molar-refractivity contribution < 1.29 is 27.8 Å². The van der Waals surface area contributed by atoms with Crippen molar-refractivity contribution in [2.24, 2.45) is 5.92 Å². The molecule has 0 unspecified atom stereocenters. The maximum Gasteiger partial charge on any atom is 0.282 e. The topological polar surface area (TPSA) is 65.9 Å². The monoisotopic (exact) mass is 371 g/mol. The average Bonchev–Trinajstić information content (AvgIpc) is 3.38. The second kappa shape index (κ2) is 6.00. The Morgan fingerprint density at radius 1 is 1.23 bits per heavy atom. The third kappa shape index (κ3) is 3.32. The first-order chi connectivity index (χ1) is 12.3. The summed E-state index contributed by atoms with van der Waals surface area (Å²) in [6.45, 7) is -1.40. The Kier molecular flexibility index (Phi) is 4.02. The molecule has 2 saturated heterocycles. The minimum atomic E-state index is -2.73. The van der Waals surface area contributed by atoms with E-state index in [0.717, 1.165) is 12.8 Å². The van der Waals surface area contributed by atoms with E-state index in [0.29, 0.717) is 18.2 Å². The minimum Gasteiger partial charge on any atom is -0.476 e. The summed E-state index contributed by atoms with van der Waals surface area (Å²) >= 11 is 0. The van der Waals surface area contributed by atoms with Gasteiger partial charge in [-0.1, -0.05) is 0 Å². The van der Waals surface area contributed by atoms with Crippen LogP contribution in [0.2, 0.25) is 0 Å². The molecule has 26 heavy (non-hydrogen) atoms. The predicted octanol–water partition coefficient (Wildman–Crippen LogP) is 1.48. The molecule has 1 N–H and O–H groups in total. The lowest BCUT2D eigenvalue weighted by Gasteiger charge is -2.43. The van der Waals surface area contributed by atoms with E-state index in [1.807, 2.05) is 0 Å². The van der Waals surface area contributed by atoms with E-state index in [4.69, 9.17) is 9.84 Å². The van der Waals surface area contributed by atoms with Crippen LogP contribution in [0.3, 0.4) is 0 Å². The third-order valence-corrected chi connectivity index (χ3v) is 4.92. The number of rotatable bonds is 6. The number of aliphatic hydroxyl groups excluding tert-OH is 1. The van der Waals surface area contributed by atoms with E-state index in [2.05, 4.69) is 4.98 Å². The Labute approximate surface area is 148 Å². The van der Waals surface area contributed by atoms with Gasteiger partial charge in [0.2, 0.25) is 5.88 Å². The van der Waals surface area contributed by atoms with Gasteiger partial charge in [-0.3, -0.25) is 4.79 Å². The third-order valence-electron chi connectivity index (χ3n) is 4.92. The van der Waals surface area contributed by atoms with Crippen LogP contribution in [0.1, 0.15) is 23.3 Å². The molecule has 6 nitrogen and oxygen atoms in total. The quantitative estimate of drug-likeness (QED) is 0.821. The molecular weight excluding hydrogens is 351 g/mol. The van der Waals surface area contributed by atoms with Crippen LogP contribution in [0.4, 0.5) is 18.9 Å². The van der Waals surface area contributed by atoms with Gasteiger partial charge >= 0.3 is 0 Å². The van der Waals surface area contributed by atoms with Crippen LogP contribution in [0.25, 0.3) is 0 Å². The Bertz CT molecular complexity index is 712. The van der Waals surface area contributed by atoms with Crippen molar-refractivity contribution in [2.45, 2.75) is 24.4 Å². The largest absolute Gasteiger partial charge is 0.476 e. The Hall–Kier alpha value is -2.03. The first kappa shape index (κ1) is 17.4. The van der Waals surface area contributed by atoms with Gasteiger partial charge in [0, 0.05) is 0 Å². The molecule has 3 heterocycles. The number of carbonyl (C=O) groups excluding carboxylic acids is 1. The summed E-state index contributed by atoms with van der Waals surface area (Å²) in [6.07, 6.45) is 2.12. The van der Waals surface area contributed by atoms with E-state index in [9.17, 15) is 18.0 Å². The molecule has 3 aliphatic rings. The minimum absolute atomic E-state index is 0.0758. The molecule has 142 valence electrons. The molecular formula is C17H20F3N3O3. The maximum atomic E-state index is 13.8. The number of halogens is 3. The normalized spacial score (nSPS) is 23.2. The molecule has 1 amide bonds. The van der Waals surface area contributed by atoms with Crippen molar-refractivity contribution in [1.29, 1.82) is 0 Å². The molecule has 0 radical (unpaired) electrons. The van der Waals surface area contributed by atoms with Crippen LogP contribution in [0.15, 0.2) is 12.1 Å². The number of ether oxygens (including phenoxy) is 1. The van der Waals surface area contributed by atoms with Crippen LogP contribution < -0.4 is 9.64 Å². The second-order valence-corrected chi connectivity index (χ2v) is 7.46. The van der Waals surface area contributed by atoms with Crippen LogP contribution in [0.5, 0.6) is 5.88 Å². The van der Waals surface area contributed by atoms with Crippen LogP contribution in [-0.2, 0) is 0 Å². The molecule has 0 aromatic carbocycles. The summed E-state index contributed by atoms with van der Waals surface area (Å²) in [6, 6.07) is 2.99. The molecule has 3 fully saturated rings. The first-order valence-electron chi connectivity index (χ1n) is 8.64. The fourth-order valence-corrected chi connectivity index (χ4v) is 3.11. The van der Waals surface area contributed by atoms with Gasteiger partial charge in [-0.15, -0.1) is 0 Å². The second-order valence-electron chi connectivity index (χ2n) is 7.46. The Balaban J connectivity index is 1.50. The van der Waals surface area contributed by atoms with Gasteiger partial charge in [0.25, 0.3) is 11.8 Å². The van der Waals surface area contributed by atoms with Crippen molar-refractivity contribution in [3.8, 4) is 5.88 Å². The van der Waals surface area contributed by atoms with Gasteiger partial charge in [-0.05, 0) is 30.9 Å². The fourth-order valence-electron chi connectivity index (χ4n) is 3.11. The predicted molar refractivity (Wildman–Crippen MR) is 86.4 cm³/mol. The lowest BCUT2D eigenvalue weighted by Crippen LogP contribution is -2.62. The smallest absolute Gasteiger partial charge is 0.282 e. The summed E-state index contributed by atoms with van der Waals surface area (Å²) < 4.78 is 45.8. The van der Waals surface area contributed by atoms with Gasteiger partial charge in [0.05, 0.1) is 39.4 Å². The van der Waals surface area contributed by atoms with E-state index in [1.54, 1.807) is 6.07 Å². The summed E-state index contributed by atoms with van der Waals surface area (Å²) in [5.41, 5.74) is -1.25. The maximum absolute atomic E-state index is 13.8. The zero-order chi connectivity index (χ0) is 18.5. The highest BCUT2D eigenvalue weighted by Gasteiger charge is 2.47. The van der Waals surface area contributed by atoms with Crippen molar-refractivity contribution in [1.82, 2.24) is 9.88 Å². The zero-order valence-corrected chi connectivity index (χ0v) is 14.1. The summed E-state index contributed by atoms with van der Waals surface area (Å²) in [5.74, 6) is -2.60. The number of aromatic nitrogens is 1.